The second kappa shape index (κ2) is 5.02. The summed E-state index contributed by atoms with van der Waals surface area (Å²) in [5.41, 5.74) is 0. The molecule has 20 heavy (non-hydrogen) atoms. The van der Waals surface area contributed by atoms with Crippen LogP contribution in [0.1, 0.15) is 25.2 Å². The van der Waals surface area contributed by atoms with Crippen LogP contribution in [0.25, 0.3) is 11.7 Å². The third kappa shape index (κ3) is 2.36. The molecule has 8 heteroatoms. The Hall–Kier alpha value is -1.67. The summed E-state index contributed by atoms with van der Waals surface area (Å²) in [4.78, 5) is 0. The Morgan fingerprint density at radius 1 is 1.10 bits per heavy atom. The van der Waals surface area contributed by atoms with Crippen LogP contribution >= 0.6 is 0 Å². The Kier molecular flexibility index (Phi) is 3.35. The maximum absolute atomic E-state index is 12.4. The van der Waals surface area contributed by atoms with Crippen molar-refractivity contribution in [1.29, 1.82) is 0 Å². The summed E-state index contributed by atoms with van der Waals surface area (Å²) < 4.78 is 36.9. The van der Waals surface area contributed by atoms with E-state index in [1.807, 2.05) is 0 Å². The van der Waals surface area contributed by atoms with Gasteiger partial charge in [-0.15, -0.1) is 10.2 Å². The zero-order valence-corrected chi connectivity index (χ0v) is 11.9. The van der Waals surface area contributed by atoms with E-state index < -0.39 is 10.0 Å². The van der Waals surface area contributed by atoms with Gasteiger partial charge in [-0.2, -0.15) is 4.31 Å². The monoisotopic (exact) mass is 297 g/mol. The lowest BCUT2D eigenvalue weighted by Gasteiger charge is -2.24. The van der Waals surface area contributed by atoms with Gasteiger partial charge in [-0.05, 0) is 25.0 Å². The third-order valence-electron chi connectivity index (χ3n) is 3.23. The van der Waals surface area contributed by atoms with Crippen LogP contribution in [0.3, 0.4) is 0 Å². The highest BCUT2D eigenvalue weighted by molar-refractivity contribution is 7.89. The second-order valence-electron chi connectivity index (χ2n) is 4.71. The minimum atomic E-state index is -3.57. The molecule has 0 unspecified atom stereocenters. The highest BCUT2D eigenvalue weighted by Crippen LogP contribution is 2.26. The highest BCUT2D eigenvalue weighted by Gasteiger charge is 2.29. The van der Waals surface area contributed by atoms with Gasteiger partial charge in [0.1, 0.15) is 0 Å². The smallest absolute Gasteiger partial charge is 0.283 e. The molecule has 3 rings (SSSR count). The number of hydrogen-bond acceptors (Lipinski definition) is 6. The van der Waals surface area contributed by atoms with E-state index in [9.17, 15) is 8.42 Å². The lowest BCUT2D eigenvalue weighted by atomic mass is 10.2. The van der Waals surface area contributed by atoms with Crippen LogP contribution in [0, 0.1) is 6.92 Å². The van der Waals surface area contributed by atoms with E-state index in [-0.39, 0.29) is 16.7 Å². The Balaban J connectivity index is 1.89. The molecule has 7 nitrogen and oxygen atoms in total. The molecule has 0 aliphatic carbocycles. The standard InChI is InChI=1S/C12H15N3O4S/c1-9-13-14-12(18-9)10-5-6-11(19-10)20(16,17)15-7-3-2-4-8-15/h5-6H,2-4,7-8H2,1H3. The molecule has 0 radical (unpaired) electrons. The molecule has 0 amide bonds. The molecule has 1 fully saturated rings. The Morgan fingerprint density at radius 2 is 1.85 bits per heavy atom. The number of aryl methyl sites for hydroxylation is 1. The molecule has 0 N–H and O–H groups in total. The van der Waals surface area contributed by atoms with Gasteiger partial charge in [0.15, 0.2) is 5.76 Å². The molecule has 1 aliphatic rings. The molecule has 1 saturated heterocycles. The van der Waals surface area contributed by atoms with Crippen molar-refractivity contribution in [2.45, 2.75) is 31.3 Å². The van der Waals surface area contributed by atoms with Crippen molar-refractivity contribution in [3.8, 4) is 11.7 Å². The lowest BCUT2D eigenvalue weighted by molar-refractivity contribution is 0.332. The van der Waals surface area contributed by atoms with Crippen LogP contribution in [-0.4, -0.2) is 36.0 Å². The fourth-order valence-electron chi connectivity index (χ4n) is 2.20. The van der Waals surface area contributed by atoms with Crippen LogP contribution < -0.4 is 0 Å². The van der Waals surface area contributed by atoms with E-state index in [4.69, 9.17) is 8.83 Å². The number of aromatic nitrogens is 2. The number of furan rings is 1. The van der Waals surface area contributed by atoms with Crippen molar-refractivity contribution < 1.29 is 17.3 Å². The van der Waals surface area contributed by atoms with Crippen molar-refractivity contribution in [2.75, 3.05) is 13.1 Å². The zero-order valence-electron chi connectivity index (χ0n) is 11.1. The predicted octanol–water partition coefficient (Wildman–Crippen LogP) is 1.81. The van der Waals surface area contributed by atoms with Crippen LogP contribution in [0.4, 0.5) is 0 Å². The van der Waals surface area contributed by atoms with Crippen molar-refractivity contribution in [3.05, 3.63) is 18.0 Å². The van der Waals surface area contributed by atoms with Gasteiger partial charge in [0, 0.05) is 20.0 Å². The van der Waals surface area contributed by atoms with Gasteiger partial charge in [0.05, 0.1) is 0 Å². The van der Waals surface area contributed by atoms with Crippen LogP contribution in [0.15, 0.2) is 26.1 Å². The van der Waals surface area contributed by atoms with Gasteiger partial charge in [0.2, 0.25) is 11.0 Å². The van der Waals surface area contributed by atoms with Gasteiger partial charge in [-0.25, -0.2) is 8.42 Å². The Labute approximate surface area is 116 Å². The van der Waals surface area contributed by atoms with Gasteiger partial charge in [-0.1, -0.05) is 6.42 Å². The van der Waals surface area contributed by atoms with Gasteiger partial charge < -0.3 is 8.83 Å². The molecule has 108 valence electrons. The van der Waals surface area contributed by atoms with E-state index in [0.717, 1.165) is 19.3 Å². The molecule has 0 bridgehead atoms. The van der Waals surface area contributed by atoms with E-state index >= 15 is 0 Å². The molecule has 0 spiro atoms. The highest BCUT2D eigenvalue weighted by atomic mass is 32.2. The molecule has 1 aliphatic heterocycles. The summed E-state index contributed by atoms with van der Waals surface area (Å²) in [7, 11) is -3.57. The molecular formula is C12H15N3O4S. The topological polar surface area (TPSA) is 89.4 Å². The van der Waals surface area contributed by atoms with E-state index in [2.05, 4.69) is 10.2 Å². The fourth-order valence-corrected chi connectivity index (χ4v) is 3.63. The molecule has 0 atom stereocenters. The van der Waals surface area contributed by atoms with E-state index in [1.165, 1.54) is 16.4 Å². The minimum absolute atomic E-state index is 0.0785. The SMILES string of the molecule is Cc1nnc(-c2ccc(S(=O)(=O)N3CCCCC3)o2)o1. The number of hydrogen-bond donors (Lipinski definition) is 0. The summed E-state index contributed by atoms with van der Waals surface area (Å²) in [6, 6.07) is 2.96. The first-order valence-corrected chi connectivity index (χ1v) is 7.92. The molecule has 0 aromatic carbocycles. The molecular weight excluding hydrogens is 282 g/mol. The number of nitrogens with zero attached hydrogens (tertiary/aromatic N) is 3. The Morgan fingerprint density at radius 3 is 2.50 bits per heavy atom. The number of rotatable bonds is 3. The molecule has 3 heterocycles. The summed E-state index contributed by atoms with van der Waals surface area (Å²) in [6.07, 6.45) is 2.84. The van der Waals surface area contributed by atoms with Crippen molar-refractivity contribution in [2.24, 2.45) is 0 Å². The van der Waals surface area contributed by atoms with Gasteiger partial charge >= 0.3 is 0 Å². The molecule has 0 saturated carbocycles. The van der Waals surface area contributed by atoms with Crippen molar-refractivity contribution in [3.63, 3.8) is 0 Å². The summed E-state index contributed by atoms with van der Waals surface area (Å²) in [6.45, 7) is 2.74. The zero-order chi connectivity index (χ0) is 14.2. The molecule has 2 aromatic heterocycles. The number of sulfonamides is 1. The average molecular weight is 297 g/mol. The number of piperidine rings is 1. The minimum Gasteiger partial charge on any atom is -0.438 e. The Bertz CT molecular complexity index is 698. The lowest BCUT2D eigenvalue weighted by Crippen LogP contribution is -2.35. The quantitative estimate of drug-likeness (QED) is 0.858. The van der Waals surface area contributed by atoms with Crippen LogP contribution in [0.5, 0.6) is 0 Å². The van der Waals surface area contributed by atoms with Crippen LogP contribution in [-0.2, 0) is 10.0 Å². The maximum atomic E-state index is 12.4. The predicted molar refractivity (Wildman–Crippen MR) is 69.3 cm³/mol. The maximum Gasteiger partial charge on any atom is 0.283 e. The second-order valence-corrected chi connectivity index (χ2v) is 6.58. The normalized spacial score (nSPS) is 17.4. The molecule has 2 aromatic rings. The first-order valence-electron chi connectivity index (χ1n) is 6.48. The summed E-state index contributed by atoms with van der Waals surface area (Å²) >= 11 is 0. The third-order valence-corrected chi connectivity index (χ3v) is 5.00. The van der Waals surface area contributed by atoms with Crippen LogP contribution in [0.2, 0.25) is 0 Å². The first-order chi connectivity index (χ1) is 9.57. The fraction of sp³-hybridized carbons (Fsp3) is 0.500. The largest absolute Gasteiger partial charge is 0.438 e. The van der Waals surface area contributed by atoms with E-state index in [0.29, 0.717) is 19.0 Å². The van der Waals surface area contributed by atoms with Gasteiger partial charge in [-0.3, -0.25) is 0 Å². The van der Waals surface area contributed by atoms with Crippen molar-refractivity contribution in [1.82, 2.24) is 14.5 Å². The van der Waals surface area contributed by atoms with Crippen molar-refractivity contribution >= 4 is 10.0 Å². The summed E-state index contributed by atoms with van der Waals surface area (Å²) in [5, 5.41) is 7.41. The van der Waals surface area contributed by atoms with E-state index in [1.54, 1.807) is 6.92 Å². The summed E-state index contributed by atoms with van der Waals surface area (Å²) in [5.74, 6) is 0.848. The average Bonchev–Trinajstić information content (AvgIpc) is 3.08. The van der Waals surface area contributed by atoms with Gasteiger partial charge in [0.25, 0.3) is 15.9 Å². The first kappa shape index (κ1) is 13.3.